The summed E-state index contributed by atoms with van der Waals surface area (Å²) >= 11 is 0. The molecule has 1 heterocycles. The molecule has 1 aliphatic heterocycles. The molecule has 0 aromatic rings. The summed E-state index contributed by atoms with van der Waals surface area (Å²) in [6.45, 7) is 8.75. The highest BCUT2D eigenvalue weighted by molar-refractivity contribution is 5.69. The first-order chi connectivity index (χ1) is 7.83. The van der Waals surface area contributed by atoms with Crippen molar-refractivity contribution in [2.75, 3.05) is 40.4 Å². The van der Waals surface area contributed by atoms with E-state index in [1.165, 1.54) is 0 Å². The molecule has 1 saturated heterocycles. The van der Waals surface area contributed by atoms with Crippen molar-refractivity contribution >= 4 is 6.09 Å². The Kier molecular flexibility index (Phi) is 4.77. The first-order valence-corrected chi connectivity index (χ1v) is 6.00. The number of ether oxygens (including phenoxy) is 2. The van der Waals surface area contributed by atoms with Crippen LogP contribution in [-0.2, 0) is 9.47 Å². The molecule has 0 atom stereocenters. The summed E-state index contributed by atoms with van der Waals surface area (Å²) in [4.78, 5) is 15.6. The quantitative estimate of drug-likeness (QED) is 0.745. The summed E-state index contributed by atoms with van der Waals surface area (Å²) in [5.41, 5.74) is -0.413. The molecular formula is C12H24N2O3. The lowest BCUT2D eigenvalue weighted by molar-refractivity contribution is -0.0136. The van der Waals surface area contributed by atoms with Gasteiger partial charge in [0.15, 0.2) is 0 Å². The Labute approximate surface area is 104 Å². The second-order valence-electron chi connectivity index (χ2n) is 5.51. The van der Waals surface area contributed by atoms with E-state index in [1.807, 2.05) is 20.8 Å². The van der Waals surface area contributed by atoms with Gasteiger partial charge in [-0.3, -0.25) is 4.90 Å². The van der Waals surface area contributed by atoms with Gasteiger partial charge < -0.3 is 14.4 Å². The Balaban J connectivity index is 2.24. The van der Waals surface area contributed by atoms with Crippen molar-refractivity contribution in [2.24, 2.45) is 0 Å². The van der Waals surface area contributed by atoms with Crippen molar-refractivity contribution < 1.29 is 14.3 Å². The molecule has 0 N–H and O–H groups in total. The minimum Gasteiger partial charge on any atom is -0.444 e. The Morgan fingerprint density at radius 1 is 1.41 bits per heavy atom. The summed E-state index contributed by atoms with van der Waals surface area (Å²) in [6, 6.07) is 0.428. The number of likely N-dealkylation sites (N-methyl/N-ethyl adjacent to an activating group) is 1. The predicted molar refractivity (Wildman–Crippen MR) is 66.1 cm³/mol. The zero-order valence-electron chi connectivity index (χ0n) is 11.5. The van der Waals surface area contributed by atoms with Crippen LogP contribution in [0.4, 0.5) is 4.79 Å². The molecule has 0 aromatic carbocycles. The van der Waals surface area contributed by atoms with Gasteiger partial charge in [-0.05, 0) is 27.8 Å². The summed E-state index contributed by atoms with van der Waals surface area (Å²) in [5, 5.41) is 0. The number of carbonyl (C=O) groups is 1. The zero-order valence-corrected chi connectivity index (χ0v) is 11.5. The van der Waals surface area contributed by atoms with Gasteiger partial charge in [0.25, 0.3) is 0 Å². The fourth-order valence-electron chi connectivity index (χ4n) is 1.63. The van der Waals surface area contributed by atoms with Gasteiger partial charge in [-0.15, -0.1) is 0 Å². The molecule has 0 aromatic heterocycles. The largest absolute Gasteiger partial charge is 0.444 e. The molecule has 1 rings (SSSR count). The zero-order chi connectivity index (χ0) is 13.1. The second-order valence-corrected chi connectivity index (χ2v) is 5.51. The van der Waals surface area contributed by atoms with Crippen molar-refractivity contribution in [3.63, 3.8) is 0 Å². The minimum absolute atomic E-state index is 0.214. The van der Waals surface area contributed by atoms with Gasteiger partial charge in [0.1, 0.15) is 5.60 Å². The number of hydrogen-bond donors (Lipinski definition) is 0. The van der Waals surface area contributed by atoms with Crippen LogP contribution >= 0.6 is 0 Å². The van der Waals surface area contributed by atoms with Crippen LogP contribution in [0.5, 0.6) is 0 Å². The first kappa shape index (κ1) is 14.3. The van der Waals surface area contributed by atoms with Crippen molar-refractivity contribution in [3.8, 4) is 0 Å². The average Bonchev–Trinajstić information content (AvgIpc) is 2.09. The normalized spacial score (nSPS) is 17.2. The third-order valence-electron chi connectivity index (χ3n) is 2.79. The third-order valence-corrected chi connectivity index (χ3v) is 2.79. The molecule has 0 bridgehead atoms. The lowest BCUT2D eigenvalue weighted by Gasteiger charge is -2.44. The molecule has 5 heteroatoms. The highest BCUT2D eigenvalue weighted by Gasteiger charge is 2.35. The highest BCUT2D eigenvalue weighted by atomic mass is 16.6. The average molecular weight is 244 g/mol. The second kappa shape index (κ2) is 5.69. The Morgan fingerprint density at radius 3 is 2.47 bits per heavy atom. The van der Waals surface area contributed by atoms with E-state index in [9.17, 15) is 4.79 Å². The van der Waals surface area contributed by atoms with E-state index in [-0.39, 0.29) is 6.09 Å². The molecule has 0 saturated carbocycles. The van der Waals surface area contributed by atoms with E-state index in [2.05, 4.69) is 11.9 Å². The molecule has 1 aliphatic rings. The lowest BCUT2D eigenvalue weighted by Crippen LogP contribution is -2.61. The molecule has 1 fully saturated rings. The predicted octanol–water partition coefficient (Wildman–Crippen LogP) is 1.18. The van der Waals surface area contributed by atoms with Crippen LogP contribution in [0.3, 0.4) is 0 Å². The van der Waals surface area contributed by atoms with Crippen molar-refractivity contribution in [3.05, 3.63) is 0 Å². The molecule has 17 heavy (non-hydrogen) atoms. The van der Waals surface area contributed by atoms with Crippen molar-refractivity contribution in [1.29, 1.82) is 0 Å². The van der Waals surface area contributed by atoms with E-state index in [4.69, 9.17) is 9.47 Å². The maximum absolute atomic E-state index is 11.7. The molecule has 0 unspecified atom stereocenters. The van der Waals surface area contributed by atoms with Crippen LogP contribution in [0.25, 0.3) is 0 Å². The van der Waals surface area contributed by atoms with Gasteiger partial charge >= 0.3 is 6.09 Å². The molecule has 5 nitrogen and oxygen atoms in total. The van der Waals surface area contributed by atoms with Crippen molar-refractivity contribution in [1.82, 2.24) is 9.80 Å². The van der Waals surface area contributed by atoms with Gasteiger partial charge in [0.2, 0.25) is 0 Å². The Hall–Kier alpha value is -0.810. The summed E-state index contributed by atoms with van der Waals surface area (Å²) < 4.78 is 10.3. The monoisotopic (exact) mass is 244 g/mol. The van der Waals surface area contributed by atoms with E-state index in [0.717, 1.165) is 26.2 Å². The summed E-state index contributed by atoms with van der Waals surface area (Å²) in [7, 11) is 3.75. The first-order valence-electron chi connectivity index (χ1n) is 6.00. The molecule has 0 radical (unpaired) electrons. The molecule has 1 amide bonds. The van der Waals surface area contributed by atoms with Crippen LogP contribution in [0.2, 0.25) is 0 Å². The van der Waals surface area contributed by atoms with Crippen LogP contribution in [-0.4, -0.2) is 67.9 Å². The maximum atomic E-state index is 11.7. The third kappa shape index (κ3) is 4.52. The van der Waals surface area contributed by atoms with Crippen LogP contribution < -0.4 is 0 Å². The number of nitrogens with zero attached hydrogens (tertiary/aromatic N) is 2. The number of amides is 1. The maximum Gasteiger partial charge on any atom is 0.410 e. The number of rotatable bonds is 4. The van der Waals surface area contributed by atoms with E-state index in [0.29, 0.717) is 6.04 Å². The van der Waals surface area contributed by atoms with Gasteiger partial charge in [-0.2, -0.15) is 0 Å². The molecule has 100 valence electrons. The Bertz CT molecular complexity index is 257. The van der Waals surface area contributed by atoms with Crippen LogP contribution in [0.1, 0.15) is 20.8 Å². The summed E-state index contributed by atoms with van der Waals surface area (Å²) in [6.07, 6.45) is -0.214. The van der Waals surface area contributed by atoms with Gasteiger partial charge in [0.05, 0.1) is 6.61 Å². The van der Waals surface area contributed by atoms with Gasteiger partial charge in [-0.1, -0.05) is 0 Å². The smallest absolute Gasteiger partial charge is 0.410 e. The minimum atomic E-state index is -0.413. The molecular weight excluding hydrogens is 220 g/mol. The number of carbonyl (C=O) groups excluding carboxylic acids is 1. The van der Waals surface area contributed by atoms with Crippen LogP contribution in [0.15, 0.2) is 0 Å². The van der Waals surface area contributed by atoms with Crippen molar-refractivity contribution in [2.45, 2.75) is 32.4 Å². The number of methoxy groups -OCH3 is 1. The standard InChI is InChI=1S/C12H24N2O3/c1-12(2,3)17-11(15)14-8-10(9-14)13(4)6-7-16-5/h10H,6-9H2,1-5H3. The molecule has 0 aliphatic carbocycles. The van der Waals surface area contributed by atoms with Gasteiger partial charge in [0, 0.05) is 32.8 Å². The SMILES string of the molecule is COCCN(C)C1CN(C(=O)OC(C)(C)C)C1. The fourth-order valence-corrected chi connectivity index (χ4v) is 1.63. The fraction of sp³-hybridized carbons (Fsp3) is 0.917. The van der Waals surface area contributed by atoms with E-state index >= 15 is 0 Å². The number of likely N-dealkylation sites (tertiary alicyclic amines) is 1. The molecule has 0 spiro atoms. The van der Waals surface area contributed by atoms with E-state index in [1.54, 1.807) is 12.0 Å². The Morgan fingerprint density at radius 2 is 2.00 bits per heavy atom. The van der Waals surface area contributed by atoms with Gasteiger partial charge in [-0.25, -0.2) is 4.79 Å². The summed E-state index contributed by atoms with van der Waals surface area (Å²) in [5.74, 6) is 0. The lowest BCUT2D eigenvalue weighted by atomic mass is 10.1. The number of hydrogen-bond acceptors (Lipinski definition) is 4. The topological polar surface area (TPSA) is 42.0 Å². The van der Waals surface area contributed by atoms with Crippen LogP contribution in [0, 0.1) is 0 Å². The highest BCUT2D eigenvalue weighted by Crippen LogP contribution is 2.17. The van der Waals surface area contributed by atoms with E-state index < -0.39 is 5.60 Å².